The zero-order valence-corrected chi connectivity index (χ0v) is 8.29. The third-order valence-corrected chi connectivity index (χ3v) is 1.65. The van der Waals surface area contributed by atoms with Gasteiger partial charge in [-0.1, -0.05) is 26.0 Å². The Morgan fingerprint density at radius 2 is 2.08 bits per heavy atom. The van der Waals surface area contributed by atoms with Crippen molar-refractivity contribution in [2.45, 2.75) is 32.8 Å². The van der Waals surface area contributed by atoms with Crippen LogP contribution in [0.25, 0.3) is 0 Å². The van der Waals surface area contributed by atoms with Gasteiger partial charge in [0.2, 0.25) is 0 Å². The van der Waals surface area contributed by atoms with Crippen molar-refractivity contribution in [3.8, 4) is 0 Å². The maximum absolute atomic E-state index is 8.54. The van der Waals surface area contributed by atoms with E-state index < -0.39 is 0 Å². The van der Waals surface area contributed by atoms with Crippen LogP contribution in [0.5, 0.6) is 0 Å². The van der Waals surface area contributed by atoms with Crippen molar-refractivity contribution in [2.75, 3.05) is 13.7 Å². The molecular formula is C10H20O2. The molecule has 0 aromatic heterocycles. The lowest BCUT2D eigenvalue weighted by molar-refractivity contribution is 0.122. The highest BCUT2D eigenvalue weighted by atomic mass is 16.5. The van der Waals surface area contributed by atoms with Gasteiger partial charge in [0.25, 0.3) is 0 Å². The van der Waals surface area contributed by atoms with Gasteiger partial charge in [-0.3, -0.25) is 0 Å². The molecule has 12 heavy (non-hydrogen) atoms. The first-order chi connectivity index (χ1) is 5.70. The van der Waals surface area contributed by atoms with E-state index in [-0.39, 0.29) is 12.7 Å². The van der Waals surface area contributed by atoms with Crippen LogP contribution in [0.3, 0.4) is 0 Å². The molecule has 0 radical (unpaired) electrons. The molecule has 0 aliphatic carbocycles. The second-order valence-electron chi connectivity index (χ2n) is 3.34. The summed E-state index contributed by atoms with van der Waals surface area (Å²) >= 11 is 0. The minimum Gasteiger partial charge on any atom is -0.396 e. The summed E-state index contributed by atoms with van der Waals surface area (Å²) in [5, 5.41) is 8.54. The Morgan fingerprint density at radius 3 is 2.50 bits per heavy atom. The van der Waals surface area contributed by atoms with E-state index in [0.29, 0.717) is 5.92 Å². The summed E-state index contributed by atoms with van der Waals surface area (Å²) in [7, 11) is 1.72. The normalized spacial score (nSPS) is 14.4. The van der Waals surface area contributed by atoms with Crippen LogP contribution in [0.4, 0.5) is 0 Å². The van der Waals surface area contributed by atoms with Crippen molar-refractivity contribution in [1.82, 2.24) is 0 Å². The SMILES string of the molecule is COC(/C=C/CCO)CC(C)C. The average Bonchev–Trinajstić information content (AvgIpc) is 2.02. The van der Waals surface area contributed by atoms with Crippen LogP contribution in [0.15, 0.2) is 12.2 Å². The van der Waals surface area contributed by atoms with Crippen LogP contribution in [0, 0.1) is 5.92 Å². The first-order valence-electron chi connectivity index (χ1n) is 4.51. The van der Waals surface area contributed by atoms with E-state index in [9.17, 15) is 0 Å². The standard InChI is InChI=1S/C10H20O2/c1-9(2)8-10(12-3)6-4-5-7-11/h4,6,9-11H,5,7-8H2,1-3H3/b6-4+. The first-order valence-corrected chi connectivity index (χ1v) is 4.51. The van der Waals surface area contributed by atoms with E-state index in [1.807, 2.05) is 12.2 Å². The van der Waals surface area contributed by atoms with Crippen LogP contribution >= 0.6 is 0 Å². The predicted octanol–water partition coefficient (Wildman–Crippen LogP) is 1.99. The van der Waals surface area contributed by atoms with E-state index in [0.717, 1.165) is 12.8 Å². The molecule has 0 aliphatic heterocycles. The number of aliphatic hydroxyl groups is 1. The number of hydrogen-bond acceptors (Lipinski definition) is 2. The lowest BCUT2D eigenvalue weighted by atomic mass is 10.1. The van der Waals surface area contributed by atoms with E-state index in [1.54, 1.807) is 7.11 Å². The van der Waals surface area contributed by atoms with Gasteiger partial charge in [-0.25, -0.2) is 0 Å². The molecule has 0 spiro atoms. The molecule has 0 saturated carbocycles. The lowest BCUT2D eigenvalue weighted by Crippen LogP contribution is -2.10. The Balaban J connectivity index is 3.66. The van der Waals surface area contributed by atoms with Gasteiger partial charge in [0.05, 0.1) is 6.10 Å². The summed E-state index contributed by atoms with van der Waals surface area (Å²) in [5.74, 6) is 0.647. The number of ether oxygens (including phenoxy) is 1. The van der Waals surface area contributed by atoms with E-state index >= 15 is 0 Å². The summed E-state index contributed by atoms with van der Waals surface area (Å²) in [5.41, 5.74) is 0. The first kappa shape index (κ1) is 11.7. The highest BCUT2D eigenvalue weighted by Crippen LogP contribution is 2.08. The fourth-order valence-electron chi connectivity index (χ4n) is 1.04. The molecule has 1 N–H and O–H groups in total. The topological polar surface area (TPSA) is 29.5 Å². The van der Waals surface area contributed by atoms with Crippen LogP contribution in [-0.4, -0.2) is 24.9 Å². The number of methoxy groups -OCH3 is 1. The summed E-state index contributed by atoms with van der Waals surface area (Å²) in [4.78, 5) is 0. The molecule has 72 valence electrons. The van der Waals surface area contributed by atoms with Crippen molar-refractivity contribution >= 4 is 0 Å². The van der Waals surface area contributed by atoms with E-state index in [1.165, 1.54) is 0 Å². The van der Waals surface area contributed by atoms with Crippen molar-refractivity contribution in [3.05, 3.63) is 12.2 Å². The number of rotatable bonds is 6. The van der Waals surface area contributed by atoms with Gasteiger partial charge < -0.3 is 9.84 Å². The third kappa shape index (κ3) is 6.38. The summed E-state index contributed by atoms with van der Waals surface area (Å²) in [6.07, 6.45) is 5.96. The van der Waals surface area contributed by atoms with Crippen molar-refractivity contribution in [2.24, 2.45) is 5.92 Å². The molecular weight excluding hydrogens is 152 g/mol. The van der Waals surface area contributed by atoms with Gasteiger partial charge in [0.1, 0.15) is 0 Å². The molecule has 2 heteroatoms. The Hall–Kier alpha value is -0.340. The molecule has 0 aromatic carbocycles. The van der Waals surface area contributed by atoms with Gasteiger partial charge in [-0.2, -0.15) is 0 Å². The van der Waals surface area contributed by atoms with Crippen LogP contribution < -0.4 is 0 Å². The Bertz CT molecular complexity index is 119. The molecule has 1 atom stereocenters. The predicted molar refractivity (Wildman–Crippen MR) is 51.1 cm³/mol. The van der Waals surface area contributed by atoms with Gasteiger partial charge >= 0.3 is 0 Å². The molecule has 0 amide bonds. The monoisotopic (exact) mass is 172 g/mol. The minimum absolute atomic E-state index is 0.205. The quantitative estimate of drug-likeness (QED) is 0.621. The highest BCUT2D eigenvalue weighted by Gasteiger charge is 2.04. The molecule has 1 unspecified atom stereocenters. The molecule has 0 aliphatic rings. The average molecular weight is 172 g/mol. The Labute approximate surface area is 75.2 Å². The van der Waals surface area contributed by atoms with Gasteiger partial charge in [0.15, 0.2) is 0 Å². The molecule has 2 nitrogen and oxygen atoms in total. The fraction of sp³-hybridized carbons (Fsp3) is 0.800. The third-order valence-electron chi connectivity index (χ3n) is 1.65. The van der Waals surface area contributed by atoms with E-state index in [2.05, 4.69) is 13.8 Å². The molecule has 0 aromatic rings. The van der Waals surface area contributed by atoms with Gasteiger partial charge in [0, 0.05) is 13.7 Å². The molecule has 0 saturated heterocycles. The zero-order chi connectivity index (χ0) is 9.40. The Kier molecular flexibility index (Phi) is 7.11. The second kappa shape index (κ2) is 7.32. The van der Waals surface area contributed by atoms with Crippen molar-refractivity contribution in [1.29, 1.82) is 0 Å². The minimum atomic E-state index is 0.205. The number of aliphatic hydroxyl groups excluding tert-OH is 1. The van der Waals surface area contributed by atoms with Crippen molar-refractivity contribution < 1.29 is 9.84 Å². The summed E-state index contributed by atoms with van der Waals surface area (Å²) in [6, 6.07) is 0. The van der Waals surface area contributed by atoms with Crippen molar-refractivity contribution in [3.63, 3.8) is 0 Å². The van der Waals surface area contributed by atoms with Gasteiger partial charge in [-0.05, 0) is 18.8 Å². The highest BCUT2D eigenvalue weighted by molar-refractivity contribution is 4.89. The summed E-state index contributed by atoms with van der Waals surface area (Å²) in [6.45, 7) is 4.56. The largest absolute Gasteiger partial charge is 0.396 e. The zero-order valence-electron chi connectivity index (χ0n) is 8.29. The van der Waals surface area contributed by atoms with E-state index in [4.69, 9.17) is 9.84 Å². The number of hydrogen-bond donors (Lipinski definition) is 1. The summed E-state index contributed by atoms with van der Waals surface area (Å²) < 4.78 is 5.24. The molecule has 0 rings (SSSR count). The smallest absolute Gasteiger partial charge is 0.0754 e. The molecule has 0 heterocycles. The Morgan fingerprint density at radius 1 is 1.42 bits per heavy atom. The van der Waals surface area contributed by atoms with Crippen LogP contribution in [0.1, 0.15) is 26.7 Å². The van der Waals surface area contributed by atoms with Crippen LogP contribution in [-0.2, 0) is 4.74 Å². The second-order valence-corrected chi connectivity index (χ2v) is 3.34. The molecule has 0 fully saturated rings. The maximum Gasteiger partial charge on any atom is 0.0754 e. The fourth-order valence-corrected chi connectivity index (χ4v) is 1.04. The lowest BCUT2D eigenvalue weighted by Gasteiger charge is -2.12. The molecule has 0 bridgehead atoms. The maximum atomic E-state index is 8.54. The van der Waals surface area contributed by atoms with Crippen LogP contribution in [0.2, 0.25) is 0 Å². The van der Waals surface area contributed by atoms with Gasteiger partial charge in [-0.15, -0.1) is 0 Å².